The van der Waals surface area contributed by atoms with Crippen molar-refractivity contribution in [3.8, 4) is 11.6 Å². The SMILES string of the molecule is COc1ncccc1OC(=O)C1CCCN(C)C1. The molecule has 0 bridgehead atoms. The first-order valence-electron chi connectivity index (χ1n) is 6.10. The third-order valence-corrected chi connectivity index (χ3v) is 3.10. The molecule has 0 N–H and O–H groups in total. The number of pyridine rings is 1. The number of aromatic nitrogens is 1. The van der Waals surface area contributed by atoms with Gasteiger partial charge in [-0.2, -0.15) is 0 Å². The minimum atomic E-state index is -0.201. The summed E-state index contributed by atoms with van der Waals surface area (Å²) >= 11 is 0. The number of carbonyl (C=O) groups is 1. The Hall–Kier alpha value is -1.62. The highest BCUT2D eigenvalue weighted by Crippen LogP contribution is 2.25. The van der Waals surface area contributed by atoms with Crippen LogP contribution in [0.4, 0.5) is 0 Å². The molecule has 2 heterocycles. The summed E-state index contributed by atoms with van der Waals surface area (Å²) in [5.41, 5.74) is 0. The summed E-state index contributed by atoms with van der Waals surface area (Å²) in [6.07, 6.45) is 3.51. The molecule has 2 rings (SSSR count). The monoisotopic (exact) mass is 250 g/mol. The Balaban J connectivity index is 2.02. The van der Waals surface area contributed by atoms with Gasteiger partial charge in [-0.3, -0.25) is 4.79 Å². The minimum Gasteiger partial charge on any atom is -0.478 e. The summed E-state index contributed by atoms with van der Waals surface area (Å²) in [6.45, 7) is 1.79. The van der Waals surface area contributed by atoms with Crippen molar-refractivity contribution in [3.63, 3.8) is 0 Å². The maximum absolute atomic E-state index is 12.0. The van der Waals surface area contributed by atoms with Gasteiger partial charge in [-0.25, -0.2) is 4.98 Å². The third-order valence-electron chi connectivity index (χ3n) is 3.10. The standard InChI is InChI=1S/C13H18N2O3/c1-15-8-4-5-10(9-15)13(16)18-11-6-3-7-14-12(11)17-2/h3,6-7,10H,4-5,8-9H2,1-2H3. The number of piperidine rings is 1. The van der Waals surface area contributed by atoms with Gasteiger partial charge in [0.25, 0.3) is 5.88 Å². The van der Waals surface area contributed by atoms with E-state index in [0.717, 1.165) is 25.9 Å². The molecule has 0 amide bonds. The Morgan fingerprint density at radius 3 is 3.11 bits per heavy atom. The van der Waals surface area contributed by atoms with Gasteiger partial charge < -0.3 is 14.4 Å². The molecule has 1 aromatic heterocycles. The molecule has 0 aromatic carbocycles. The van der Waals surface area contributed by atoms with E-state index in [9.17, 15) is 4.79 Å². The van der Waals surface area contributed by atoms with E-state index in [1.54, 1.807) is 18.3 Å². The Labute approximate surface area is 107 Å². The molecule has 1 aromatic rings. The van der Waals surface area contributed by atoms with Gasteiger partial charge in [0.1, 0.15) is 0 Å². The van der Waals surface area contributed by atoms with Crippen LogP contribution in [0, 0.1) is 5.92 Å². The maximum Gasteiger partial charge on any atom is 0.315 e. The zero-order chi connectivity index (χ0) is 13.0. The quantitative estimate of drug-likeness (QED) is 0.758. The van der Waals surface area contributed by atoms with Gasteiger partial charge in [0.05, 0.1) is 13.0 Å². The van der Waals surface area contributed by atoms with Gasteiger partial charge in [-0.15, -0.1) is 0 Å². The van der Waals surface area contributed by atoms with E-state index in [2.05, 4.69) is 9.88 Å². The highest BCUT2D eigenvalue weighted by molar-refractivity contribution is 5.76. The van der Waals surface area contributed by atoms with Crippen LogP contribution in [0.2, 0.25) is 0 Å². The van der Waals surface area contributed by atoms with Crippen molar-refractivity contribution >= 4 is 5.97 Å². The molecule has 0 spiro atoms. The number of ether oxygens (including phenoxy) is 2. The van der Waals surface area contributed by atoms with Crippen LogP contribution >= 0.6 is 0 Å². The van der Waals surface area contributed by atoms with E-state index in [4.69, 9.17) is 9.47 Å². The number of esters is 1. The lowest BCUT2D eigenvalue weighted by Crippen LogP contribution is -2.37. The third kappa shape index (κ3) is 2.98. The van der Waals surface area contributed by atoms with E-state index in [1.165, 1.54) is 7.11 Å². The molecule has 5 nitrogen and oxygen atoms in total. The number of rotatable bonds is 3. The Morgan fingerprint density at radius 1 is 1.56 bits per heavy atom. The highest BCUT2D eigenvalue weighted by Gasteiger charge is 2.26. The summed E-state index contributed by atoms with van der Waals surface area (Å²) in [6, 6.07) is 3.41. The van der Waals surface area contributed by atoms with E-state index in [0.29, 0.717) is 11.6 Å². The van der Waals surface area contributed by atoms with Crippen LogP contribution in [0.1, 0.15) is 12.8 Å². The van der Waals surface area contributed by atoms with Crippen molar-refractivity contribution in [2.75, 3.05) is 27.2 Å². The summed E-state index contributed by atoms with van der Waals surface area (Å²) in [4.78, 5) is 18.2. The molecule has 18 heavy (non-hydrogen) atoms. The van der Waals surface area contributed by atoms with E-state index >= 15 is 0 Å². The lowest BCUT2D eigenvalue weighted by atomic mass is 9.99. The number of hydrogen-bond donors (Lipinski definition) is 0. The van der Waals surface area contributed by atoms with Crippen molar-refractivity contribution < 1.29 is 14.3 Å². The molecule has 1 fully saturated rings. The zero-order valence-corrected chi connectivity index (χ0v) is 10.8. The predicted octanol–water partition coefficient (Wildman–Crippen LogP) is 1.34. The molecule has 0 aliphatic carbocycles. The Kier molecular flexibility index (Phi) is 4.15. The number of nitrogens with zero attached hydrogens (tertiary/aromatic N) is 2. The predicted molar refractivity (Wildman–Crippen MR) is 66.6 cm³/mol. The molecule has 0 radical (unpaired) electrons. The number of carbonyl (C=O) groups excluding carboxylic acids is 1. The van der Waals surface area contributed by atoms with Crippen LogP contribution in [0.5, 0.6) is 11.6 Å². The molecule has 1 unspecified atom stereocenters. The van der Waals surface area contributed by atoms with Crippen molar-refractivity contribution in [1.29, 1.82) is 0 Å². The van der Waals surface area contributed by atoms with Crippen LogP contribution < -0.4 is 9.47 Å². The maximum atomic E-state index is 12.0. The molecule has 1 atom stereocenters. The average molecular weight is 250 g/mol. The van der Waals surface area contributed by atoms with Crippen molar-refractivity contribution in [2.45, 2.75) is 12.8 Å². The van der Waals surface area contributed by atoms with Crippen LogP contribution in [0.3, 0.4) is 0 Å². The van der Waals surface area contributed by atoms with Crippen LogP contribution in [-0.2, 0) is 4.79 Å². The van der Waals surface area contributed by atoms with Gasteiger partial charge >= 0.3 is 5.97 Å². The van der Waals surface area contributed by atoms with Crippen molar-refractivity contribution in [3.05, 3.63) is 18.3 Å². The fraction of sp³-hybridized carbons (Fsp3) is 0.538. The van der Waals surface area contributed by atoms with Gasteiger partial charge in [0.15, 0.2) is 5.75 Å². The first kappa shape index (κ1) is 12.8. The van der Waals surface area contributed by atoms with Crippen LogP contribution in [-0.4, -0.2) is 43.1 Å². The molecule has 98 valence electrons. The summed E-state index contributed by atoms with van der Waals surface area (Å²) in [5.74, 6) is 0.467. The number of methoxy groups -OCH3 is 1. The molecule has 0 saturated carbocycles. The summed E-state index contributed by atoms with van der Waals surface area (Å²) in [5, 5.41) is 0. The molecular weight excluding hydrogens is 232 g/mol. The second kappa shape index (κ2) is 5.82. The highest BCUT2D eigenvalue weighted by atomic mass is 16.6. The molecule has 1 saturated heterocycles. The van der Waals surface area contributed by atoms with Gasteiger partial charge in [0, 0.05) is 12.7 Å². The number of likely N-dealkylation sites (tertiary alicyclic amines) is 1. The molecular formula is C13H18N2O3. The van der Waals surface area contributed by atoms with Crippen molar-refractivity contribution in [1.82, 2.24) is 9.88 Å². The lowest BCUT2D eigenvalue weighted by molar-refractivity contribution is -0.140. The molecule has 5 heteroatoms. The Morgan fingerprint density at radius 2 is 2.39 bits per heavy atom. The lowest BCUT2D eigenvalue weighted by Gasteiger charge is -2.28. The number of hydrogen-bond acceptors (Lipinski definition) is 5. The molecule has 1 aliphatic heterocycles. The van der Waals surface area contributed by atoms with E-state index < -0.39 is 0 Å². The first-order valence-corrected chi connectivity index (χ1v) is 6.10. The van der Waals surface area contributed by atoms with Crippen LogP contribution in [0.25, 0.3) is 0 Å². The van der Waals surface area contributed by atoms with Crippen LogP contribution in [0.15, 0.2) is 18.3 Å². The van der Waals surface area contributed by atoms with Gasteiger partial charge in [0.2, 0.25) is 0 Å². The smallest absolute Gasteiger partial charge is 0.315 e. The van der Waals surface area contributed by atoms with Gasteiger partial charge in [-0.05, 0) is 38.6 Å². The fourth-order valence-electron chi connectivity index (χ4n) is 2.16. The minimum absolute atomic E-state index is 0.0614. The zero-order valence-electron chi connectivity index (χ0n) is 10.8. The topological polar surface area (TPSA) is 51.7 Å². The summed E-state index contributed by atoms with van der Waals surface area (Å²) < 4.78 is 10.4. The second-order valence-electron chi connectivity index (χ2n) is 4.53. The van der Waals surface area contributed by atoms with Crippen molar-refractivity contribution in [2.24, 2.45) is 5.92 Å². The van der Waals surface area contributed by atoms with E-state index in [1.807, 2.05) is 7.05 Å². The first-order chi connectivity index (χ1) is 8.70. The Bertz CT molecular complexity index is 422. The van der Waals surface area contributed by atoms with Gasteiger partial charge in [-0.1, -0.05) is 0 Å². The molecule has 1 aliphatic rings. The largest absolute Gasteiger partial charge is 0.478 e. The average Bonchev–Trinajstić information content (AvgIpc) is 2.39. The normalized spacial score (nSPS) is 20.4. The second-order valence-corrected chi connectivity index (χ2v) is 4.53. The van der Waals surface area contributed by atoms with E-state index in [-0.39, 0.29) is 11.9 Å². The summed E-state index contributed by atoms with van der Waals surface area (Å²) in [7, 11) is 3.53. The fourth-order valence-corrected chi connectivity index (χ4v) is 2.16.